The Hall–Kier alpha value is -1.93. The Balaban J connectivity index is 1.98. The molecule has 1 aromatic carbocycles. The van der Waals surface area contributed by atoms with Crippen LogP contribution in [0, 0.1) is 13.8 Å². The monoisotopic (exact) mass is 311 g/mol. The van der Waals surface area contributed by atoms with E-state index in [1.807, 2.05) is 32.0 Å². The molecule has 8 heteroatoms. The second-order valence-electron chi connectivity index (χ2n) is 4.76. The summed E-state index contributed by atoms with van der Waals surface area (Å²) in [6, 6.07) is 5.68. The Morgan fingerprint density at radius 3 is 2.57 bits per heavy atom. The number of hydrogen-bond donors (Lipinski definition) is 2. The lowest BCUT2D eigenvalue weighted by atomic mass is 10.1. The lowest BCUT2D eigenvalue weighted by molar-refractivity contribution is 0.124. The number of sulfone groups is 1. The van der Waals surface area contributed by atoms with Crippen molar-refractivity contribution >= 4 is 9.84 Å². The molecule has 0 aliphatic heterocycles. The maximum absolute atomic E-state index is 11.9. The number of aryl methyl sites for hydroxylation is 2. The summed E-state index contributed by atoms with van der Waals surface area (Å²) in [7, 11) is -3.70. The minimum atomic E-state index is -3.70. The largest absolute Gasteiger partial charge is 0.490 e. The molecule has 1 aromatic heterocycles. The van der Waals surface area contributed by atoms with Gasteiger partial charge in [0.05, 0.1) is 5.75 Å². The molecule has 0 bridgehead atoms. The number of ether oxygens (including phenoxy) is 1. The van der Waals surface area contributed by atoms with Crippen LogP contribution in [0.15, 0.2) is 29.7 Å². The molecule has 0 aliphatic carbocycles. The predicted molar refractivity (Wildman–Crippen MR) is 75.9 cm³/mol. The number of aromatic amines is 1. The van der Waals surface area contributed by atoms with E-state index in [0.717, 1.165) is 17.5 Å². The number of H-pyrrole nitrogens is 1. The molecule has 0 fully saturated rings. The Labute approximate surface area is 122 Å². The Morgan fingerprint density at radius 1 is 1.33 bits per heavy atom. The zero-order valence-electron chi connectivity index (χ0n) is 11.8. The van der Waals surface area contributed by atoms with Crippen LogP contribution in [0.25, 0.3) is 0 Å². The molecule has 0 radical (unpaired) electrons. The molecule has 0 amide bonds. The molecule has 0 spiro atoms. The van der Waals surface area contributed by atoms with Crippen molar-refractivity contribution in [1.29, 1.82) is 0 Å². The van der Waals surface area contributed by atoms with Crippen LogP contribution < -0.4 is 4.74 Å². The number of para-hydroxylation sites is 1. The Bertz CT molecular complexity index is 678. The molecule has 1 unspecified atom stereocenters. The fraction of sp³-hybridized carbons (Fsp3) is 0.385. The highest BCUT2D eigenvalue weighted by Crippen LogP contribution is 2.22. The van der Waals surface area contributed by atoms with E-state index in [4.69, 9.17) is 4.74 Å². The van der Waals surface area contributed by atoms with Gasteiger partial charge < -0.3 is 9.84 Å². The predicted octanol–water partition coefficient (Wildman–Crippen LogP) is 0.635. The van der Waals surface area contributed by atoms with Gasteiger partial charge in [-0.15, -0.1) is 0 Å². The number of rotatable bonds is 6. The van der Waals surface area contributed by atoms with Crippen molar-refractivity contribution in [1.82, 2.24) is 15.2 Å². The number of nitrogens with one attached hydrogen (secondary N) is 1. The second-order valence-corrected chi connectivity index (χ2v) is 6.71. The van der Waals surface area contributed by atoms with E-state index < -0.39 is 21.7 Å². The van der Waals surface area contributed by atoms with Crippen LogP contribution in [-0.2, 0) is 9.84 Å². The van der Waals surface area contributed by atoms with Gasteiger partial charge in [-0.05, 0) is 25.0 Å². The van der Waals surface area contributed by atoms with E-state index in [2.05, 4.69) is 15.2 Å². The fourth-order valence-corrected chi connectivity index (χ4v) is 3.09. The number of aromatic nitrogens is 3. The van der Waals surface area contributed by atoms with Gasteiger partial charge in [0.2, 0.25) is 15.0 Å². The quantitative estimate of drug-likeness (QED) is 0.811. The number of benzene rings is 1. The normalized spacial score (nSPS) is 13.1. The third-order valence-electron chi connectivity index (χ3n) is 2.93. The van der Waals surface area contributed by atoms with E-state index in [0.29, 0.717) is 5.75 Å². The van der Waals surface area contributed by atoms with Gasteiger partial charge in [-0.2, -0.15) is 5.10 Å². The maximum Gasteiger partial charge on any atom is 0.243 e. The zero-order chi connectivity index (χ0) is 15.5. The zero-order valence-corrected chi connectivity index (χ0v) is 12.6. The van der Waals surface area contributed by atoms with Crippen molar-refractivity contribution in [2.45, 2.75) is 25.1 Å². The summed E-state index contributed by atoms with van der Waals surface area (Å²) in [4.78, 5) is 3.58. The van der Waals surface area contributed by atoms with Crippen LogP contribution in [-0.4, -0.2) is 47.2 Å². The summed E-state index contributed by atoms with van der Waals surface area (Å²) in [5, 5.41) is 15.4. The van der Waals surface area contributed by atoms with Crippen molar-refractivity contribution in [2.75, 3.05) is 12.4 Å². The average molecular weight is 311 g/mol. The Morgan fingerprint density at radius 2 is 2.00 bits per heavy atom. The first-order valence-electron chi connectivity index (χ1n) is 6.35. The summed E-state index contributed by atoms with van der Waals surface area (Å²) < 4.78 is 29.3. The van der Waals surface area contributed by atoms with Crippen LogP contribution >= 0.6 is 0 Å². The molecule has 114 valence electrons. The lowest BCUT2D eigenvalue weighted by Crippen LogP contribution is -2.28. The third-order valence-corrected chi connectivity index (χ3v) is 4.54. The highest BCUT2D eigenvalue weighted by atomic mass is 32.2. The minimum Gasteiger partial charge on any atom is -0.490 e. The second kappa shape index (κ2) is 6.23. The molecule has 0 aliphatic rings. The van der Waals surface area contributed by atoms with Crippen molar-refractivity contribution < 1.29 is 18.3 Å². The third kappa shape index (κ3) is 3.79. The average Bonchev–Trinajstić information content (AvgIpc) is 2.92. The van der Waals surface area contributed by atoms with Crippen LogP contribution in [0.1, 0.15) is 11.1 Å². The molecular weight excluding hydrogens is 294 g/mol. The van der Waals surface area contributed by atoms with Gasteiger partial charge in [-0.25, -0.2) is 13.4 Å². The standard InChI is InChI=1S/C13H17N3O4S/c1-9-4-3-5-10(2)12(9)20-6-11(17)7-21(18,19)13-14-8-15-16-13/h3-5,8,11,17H,6-7H2,1-2H3,(H,14,15,16). The molecule has 1 atom stereocenters. The summed E-state index contributed by atoms with van der Waals surface area (Å²) >= 11 is 0. The molecule has 2 N–H and O–H groups in total. The van der Waals surface area contributed by atoms with Crippen molar-refractivity contribution in [2.24, 2.45) is 0 Å². The molecular formula is C13H17N3O4S. The summed E-state index contributed by atoms with van der Waals surface area (Å²) in [6.07, 6.45) is -0.0500. The molecule has 2 aromatic rings. The SMILES string of the molecule is Cc1cccc(C)c1OCC(O)CS(=O)(=O)c1ncn[nH]1. The Kier molecular flexibility index (Phi) is 4.59. The number of hydrogen-bond acceptors (Lipinski definition) is 6. The van der Waals surface area contributed by atoms with Crippen LogP contribution in [0.4, 0.5) is 0 Å². The van der Waals surface area contributed by atoms with E-state index in [1.165, 1.54) is 0 Å². The first kappa shape index (κ1) is 15.5. The van der Waals surface area contributed by atoms with Crippen LogP contribution in [0.5, 0.6) is 5.75 Å². The van der Waals surface area contributed by atoms with E-state index in [1.54, 1.807) is 0 Å². The van der Waals surface area contributed by atoms with Gasteiger partial charge in [0.1, 0.15) is 24.8 Å². The lowest BCUT2D eigenvalue weighted by Gasteiger charge is -2.15. The van der Waals surface area contributed by atoms with Crippen molar-refractivity contribution in [3.8, 4) is 5.75 Å². The highest BCUT2D eigenvalue weighted by molar-refractivity contribution is 7.91. The van der Waals surface area contributed by atoms with E-state index >= 15 is 0 Å². The summed E-state index contributed by atoms with van der Waals surface area (Å²) in [5.41, 5.74) is 1.86. The van der Waals surface area contributed by atoms with Crippen molar-refractivity contribution in [3.05, 3.63) is 35.7 Å². The maximum atomic E-state index is 11.9. The first-order chi connectivity index (χ1) is 9.90. The number of nitrogens with zero attached hydrogens (tertiary/aromatic N) is 2. The highest BCUT2D eigenvalue weighted by Gasteiger charge is 2.23. The molecule has 21 heavy (non-hydrogen) atoms. The summed E-state index contributed by atoms with van der Waals surface area (Å²) in [5.74, 6) is 0.182. The van der Waals surface area contributed by atoms with Crippen LogP contribution in [0.2, 0.25) is 0 Å². The van der Waals surface area contributed by atoms with Gasteiger partial charge in [0, 0.05) is 0 Å². The molecule has 0 saturated carbocycles. The summed E-state index contributed by atoms with van der Waals surface area (Å²) in [6.45, 7) is 3.67. The van der Waals surface area contributed by atoms with E-state index in [9.17, 15) is 13.5 Å². The molecule has 2 rings (SSSR count). The fourth-order valence-electron chi connectivity index (χ4n) is 1.93. The molecule has 7 nitrogen and oxygen atoms in total. The molecule has 1 heterocycles. The van der Waals surface area contributed by atoms with Gasteiger partial charge in [-0.3, -0.25) is 5.10 Å². The smallest absolute Gasteiger partial charge is 0.243 e. The van der Waals surface area contributed by atoms with Gasteiger partial charge in [-0.1, -0.05) is 18.2 Å². The molecule has 0 saturated heterocycles. The van der Waals surface area contributed by atoms with Crippen LogP contribution in [0.3, 0.4) is 0 Å². The topological polar surface area (TPSA) is 105 Å². The van der Waals surface area contributed by atoms with Gasteiger partial charge >= 0.3 is 0 Å². The van der Waals surface area contributed by atoms with Crippen molar-refractivity contribution in [3.63, 3.8) is 0 Å². The number of aliphatic hydroxyl groups is 1. The van der Waals surface area contributed by atoms with E-state index in [-0.39, 0.29) is 11.8 Å². The number of aliphatic hydroxyl groups excluding tert-OH is 1. The first-order valence-corrected chi connectivity index (χ1v) is 8.00. The van der Waals surface area contributed by atoms with Gasteiger partial charge in [0.15, 0.2) is 0 Å². The van der Waals surface area contributed by atoms with Gasteiger partial charge in [0.25, 0.3) is 0 Å². The minimum absolute atomic E-state index is 0.112.